The first kappa shape index (κ1) is 12.3. The van der Waals surface area contributed by atoms with Crippen LogP contribution in [-0.2, 0) is 10.2 Å². The Morgan fingerprint density at radius 2 is 2.00 bits per heavy atom. The van der Waals surface area contributed by atoms with Crippen molar-refractivity contribution in [3.8, 4) is 0 Å². The average molecular weight is 269 g/mol. The third-order valence-corrected chi connectivity index (χ3v) is 3.69. The molecule has 2 aliphatic rings. The zero-order valence-electron chi connectivity index (χ0n) is 10.4. The molecule has 0 saturated heterocycles. The van der Waals surface area contributed by atoms with Crippen molar-refractivity contribution in [3.05, 3.63) is 59.2 Å². The number of carbonyl (C=O) groups is 3. The number of imide groups is 1. The molecular weight excluding hydrogens is 258 g/mol. The van der Waals surface area contributed by atoms with Crippen molar-refractivity contribution in [2.45, 2.75) is 11.8 Å². The second-order valence-electron chi connectivity index (χ2n) is 4.78. The summed E-state index contributed by atoms with van der Waals surface area (Å²) in [5.41, 5.74) is -0.551. The molecule has 1 atom stereocenters. The fourth-order valence-electron chi connectivity index (χ4n) is 2.68. The van der Waals surface area contributed by atoms with Crippen LogP contribution in [-0.4, -0.2) is 22.9 Å². The highest BCUT2D eigenvalue weighted by Gasteiger charge is 2.43. The van der Waals surface area contributed by atoms with Crippen LogP contribution in [0, 0.1) is 0 Å². The van der Waals surface area contributed by atoms with Crippen molar-refractivity contribution in [2.24, 2.45) is 0 Å². The van der Waals surface area contributed by atoms with Crippen LogP contribution in [0.4, 0.5) is 0 Å². The average Bonchev–Trinajstić information content (AvgIpc) is 2.75. The lowest BCUT2D eigenvalue weighted by molar-refractivity contribution is -0.141. The van der Waals surface area contributed by atoms with E-state index in [2.05, 4.69) is 5.32 Å². The molecule has 20 heavy (non-hydrogen) atoms. The summed E-state index contributed by atoms with van der Waals surface area (Å²) in [4.78, 5) is 35.4. The molecule has 0 fully saturated rings. The summed E-state index contributed by atoms with van der Waals surface area (Å²) in [6.45, 7) is 0. The fourth-order valence-corrected chi connectivity index (χ4v) is 2.68. The SMILES string of the molecule is O=C1NC(=O)c2c1cccc2C1(C(=O)O)C=CC=CC1. The number of hydrogen-bond donors (Lipinski definition) is 2. The van der Waals surface area contributed by atoms with Crippen molar-refractivity contribution in [1.82, 2.24) is 5.32 Å². The second kappa shape index (κ2) is 4.16. The zero-order valence-corrected chi connectivity index (χ0v) is 10.4. The Morgan fingerprint density at radius 3 is 2.65 bits per heavy atom. The molecular formula is C15H11NO4. The fraction of sp³-hybridized carbons (Fsp3) is 0.133. The highest BCUT2D eigenvalue weighted by molar-refractivity contribution is 6.22. The van der Waals surface area contributed by atoms with Crippen molar-refractivity contribution in [3.63, 3.8) is 0 Å². The number of carbonyl (C=O) groups excluding carboxylic acids is 2. The molecule has 1 aromatic carbocycles. The number of hydrogen-bond acceptors (Lipinski definition) is 3. The minimum absolute atomic E-state index is 0.167. The van der Waals surface area contributed by atoms with Crippen LogP contribution < -0.4 is 5.32 Å². The summed E-state index contributed by atoms with van der Waals surface area (Å²) in [5, 5.41) is 11.8. The van der Waals surface area contributed by atoms with Gasteiger partial charge in [-0.1, -0.05) is 36.4 Å². The Labute approximate surface area is 114 Å². The maximum atomic E-state index is 11.9. The van der Waals surface area contributed by atoms with Gasteiger partial charge in [0.15, 0.2) is 0 Å². The minimum Gasteiger partial charge on any atom is -0.480 e. The Morgan fingerprint density at radius 1 is 1.20 bits per heavy atom. The van der Waals surface area contributed by atoms with E-state index in [0.717, 1.165) is 0 Å². The normalized spacial score (nSPS) is 23.6. The van der Waals surface area contributed by atoms with Gasteiger partial charge in [0.25, 0.3) is 11.8 Å². The third-order valence-electron chi connectivity index (χ3n) is 3.69. The maximum Gasteiger partial charge on any atom is 0.318 e. The van der Waals surface area contributed by atoms with E-state index in [9.17, 15) is 19.5 Å². The Balaban J connectivity index is 2.28. The lowest BCUT2D eigenvalue weighted by Gasteiger charge is -2.28. The smallest absolute Gasteiger partial charge is 0.318 e. The Bertz CT molecular complexity index is 702. The highest BCUT2D eigenvalue weighted by atomic mass is 16.4. The van der Waals surface area contributed by atoms with Gasteiger partial charge in [-0.25, -0.2) is 0 Å². The molecule has 3 rings (SSSR count). The van der Waals surface area contributed by atoms with Gasteiger partial charge in [-0.15, -0.1) is 0 Å². The topological polar surface area (TPSA) is 83.5 Å². The van der Waals surface area contributed by atoms with Gasteiger partial charge < -0.3 is 5.11 Å². The van der Waals surface area contributed by atoms with E-state index in [0.29, 0.717) is 5.56 Å². The number of carboxylic acid groups (broad SMARTS) is 1. The molecule has 0 bridgehead atoms. The van der Waals surface area contributed by atoms with Gasteiger partial charge in [-0.05, 0) is 18.1 Å². The summed E-state index contributed by atoms with van der Waals surface area (Å²) >= 11 is 0. The molecule has 1 aliphatic carbocycles. The number of rotatable bonds is 2. The predicted molar refractivity (Wildman–Crippen MR) is 70.4 cm³/mol. The van der Waals surface area contributed by atoms with Crippen molar-refractivity contribution >= 4 is 17.8 Å². The van der Waals surface area contributed by atoms with E-state index in [1.807, 2.05) is 0 Å². The predicted octanol–water partition coefficient (Wildman–Crippen LogP) is 1.41. The Kier molecular flexibility index (Phi) is 2.57. The lowest BCUT2D eigenvalue weighted by atomic mass is 9.73. The third kappa shape index (κ3) is 1.53. The van der Waals surface area contributed by atoms with E-state index in [4.69, 9.17) is 0 Å². The molecule has 0 saturated carbocycles. The van der Waals surface area contributed by atoms with E-state index >= 15 is 0 Å². The molecule has 0 aromatic heterocycles. The molecule has 5 nitrogen and oxygen atoms in total. The number of fused-ring (bicyclic) bond motifs is 1. The molecule has 2 N–H and O–H groups in total. The molecule has 1 aromatic rings. The molecule has 1 aliphatic heterocycles. The summed E-state index contributed by atoms with van der Waals surface area (Å²) in [6.07, 6.45) is 6.95. The minimum atomic E-state index is -1.30. The second-order valence-corrected chi connectivity index (χ2v) is 4.78. The molecule has 0 radical (unpaired) electrons. The van der Waals surface area contributed by atoms with Gasteiger partial charge in [-0.2, -0.15) is 0 Å². The zero-order chi connectivity index (χ0) is 14.3. The van der Waals surface area contributed by atoms with E-state index in [1.165, 1.54) is 6.07 Å². The van der Waals surface area contributed by atoms with Crippen LogP contribution in [0.3, 0.4) is 0 Å². The molecule has 1 heterocycles. The molecule has 100 valence electrons. The van der Waals surface area contributed by atoms with Crippen LogP contribution in [0.2, 0.25) is 0 Å². The quantitative estimate of drug-likeness (QED) is 0.795. The monoisotopic (exact) mass is 269 g/mol. The van der Waals surface area contributed by atoms with Crippen LogP contribution in [0.1, 0.15) is 32.7 Å². The molecule has 2 amide bonds. The van der Waals surface area contributed by atoms with Gasteiger partial charge in [0.1, 0.15) is 5.41 Å². The number of carboxylic acids is 1. The number of benzene rings is 1. The van der Waals surface area contributed by atoms with Crippen LogP contribution in [0.5, 0.6) is 0 Å². The lowest BCUT2D eigenvalue weighted by Crippen LogP contribution is -2.36. The maximum absolute atomic E-state index is 11.9. The van der Waals surface area contributed by atoms with Gasteiger partial charge in [0.05, 0.1) is 11.1 Å². The molecule has 0 spiro atoms. The van der Waals surface area contributed by atoms with Gasteiger partial charge >= 0.3 is 5.97 Å². The van der Waals surface area contributed by atoms with Gasteiger partial charge in [-0.3, -0.25) is 19.7 Å². The van der Waals surface area contributed by atoms with Crippen molar-refractivity contribution in [2.75, 3.05) is 0 Å². The summed E-state index contributed by atoms with van der Waals surface area (Å²) in [5.74, 6) is -2.06. The van der Waals surface area contributed by atoms with Crippen molar-refractivity contribution in [1.29, 1.82) is 0 Å². The number of nitrogens with one attached hydrogen (secondary N) is 1. The number of allylic oxidation sites excluding steroid dienone is 3. The standard InChI is InChI=1S/C15H11NO4/c17-12-9-5-4-6-10(11(9)13(18)16-12)15(14(19)20)7-2-1-3-8-15/h1-7H,8H2,(H,19,20)(H,16,17,18). The highest BCUT2D eigenvalue weighted by Crippen LogP contribution is 2.37. The number of amides is 2. The first-order chi connectivity index (χ1) is 9.56. The van der Waals surface area contributed by atoms with Gasteiger partial charge in [0, 0.05) is 0 Å². The van der Waals surface area contributed by atoms with Gasteiger partial charge in [0.2, 0.25) is 0 Å². The molecule has 5 heteroatoms. The summed E-state index contributed by atoms with van der Waals surface area (Å²) in [6, 6.07) is 4.72. The summed E-state index contributed by atoms with van der Waals surface area (Å²) in [7, 11) is 0. The first-order valence-electron chi connectivity index (χ1n) is 6.13. The van der Waals surface area contributed by atoms with Crippen LogP contribution in [0.15, 0.2) is 42.5 Å². The van der Waals surface area contributed by atoms with E-state index in [-0.39, 0.29) is 17.5 Å². The summed E-state index contributed by atoms with van der Waals surface area (Å²) < 4.78 is 0. The first-order valence-corrected chi connectivity index (χ1v) is 6.13. The number of aliphatic carboxylic acids is 1. The Hall–Kier alpha value is -2.69. The van der Waals surface area contributed by atoms with Crippen LogP contribution >= 0.6 is 0 Å². The van der Waals surface area contributed by atoms with E-state index < -0.39 is 23.2 Å². The largest absolute Gasteiger partial charge is 0.480 e. The van der Waals surface area contributed by atoms with Crippen LogP contribution in [0.25, 0.3) is 0 Å². The van der Waals surface area contributed by atoms with E-state index in [1.54, 1.807) is 36.4 Å². The van der Waals surface area contributed by atoms with Crippen molar-refractivity contribution < 1.29 is 19.5 Å². The molecule has 1 unspecified atom stereocenters.